The normalized spacial score (nSPS) is 17.8. The third-order valence-corrected chi connectivity index (χ3v) is 7.70. The van der Waals surface area contributed by atoms with Crippen molar-refractivity contribution < 1.29 is 9.90 Å². The van der Waals surface area contributed by atoms with E-state index in [9.17, 15) is 14.7 Å². The van der Waals surface area contributed by atoms with E-state index < -0.39 is 12.0 Å². The van der Waals surface area contributed by atoms with Gasteiger partial charge in [-0.25, -0.2) is 4.98 Å². The van der Waals surface area contributed by atoms with E-state index >= 15 is 0 Å². The number of fused-ring (bicyclic) bond motifs is 1. The van der Waals surface area contributed by atoms with Crippen LogP contribution in [0.4, 0.5) is 0 Å². The summed E-state index contributed by atoms with van der Waals surface area (Å²) < 4.78 is 0.717. The number of H-pyrrole nitrogens is 1. The Balaban J connectivity index is 1.40. The van der Waals surface area contributed by atoms with Crippen molar-refractivity contribution in [2.75, 3.05) is 6.54 Å². The van der Waals surface area contributed by atoms with Crippen LogP contribution in [-0.4, -0.2) is 32.4 Å². The van der Waals surface area contributed by atoms with Crippen LogP contribution in [-0.2, 0) is 23.2 Å². The van der Waals surface area contributed by atoms with Crippen molar-refractivity contribution in [2.45, 2.75) is 37.3 Å². The Hall–Kier alpha value is -2.19. The summed E-state index contributed by atoms with van der Waals surface area (Å²) in [6, 6.07) is 10.4. The molecule has 0 spiro atoms. The maximum absolute atomic E-state index is 12.9. The average Bonchev–Trinajstić information content (AvgIpc) is 3.47. The maximum atomic E-state index is 12.9. The number of halogens is 2. The van der Waals surface area contributed by atoms with Crippen molar-refractivity contribution in [1.29, 1.82) is 0 Å². The molecule has 5 rings (SSSR count). The minimum absolute atomic E-state index is 0.117. The Kier molecular flexibility index (Phi) is 5.17. The molecular formula is C22H19Cl2N3O3S. The van der Waals surface area contributed by atoms with Crippen LogP contribution >= 0.6 is 34.5 Å². The smallest absolute Gasteiger partial charge is 0.256 e. The number of hydrogen-bond donors (Lipinski definition) is 2. The van der Waals surface area contributed by atoms with E-state index in [1.165, 1.54) is 16.2 Å². The second-order valence-corrected chi connectivity index (χ2v) is 10.1. The molecule has 0 unspecified atom stereocenters. The summed E-state index contributed by atoms with van der Waals surface area (Å²) in [7, 11) is 0. The second-order valence-electron chi connectivity index (χ2n) is 7.99. The lowest BCUT2D eigenvalue weighted by atomic mass is 10.0. The van der Waals surface area contributed by atoms with E-state index in [2.05, 4.69) is 4.98 Å². The van der Waals surface area contributed by atoms with Crippen molar-refractivity contribution >= 4 is 40.4 Å². The standard InChI is InChI=1S/C22H19Cl2N3O3S/c23-13-3-1-2-12(10-13)18(28)20(30)27-9-6-15-14(11-27)19(29)26-21(25-15)22(7-8-22)16-4-5-17(24)31-16/h1-5,10,18,28H,6-9,11H2,(H,25,26,29)/t18-/m1/s1. The van der Waals surface area contributed by atoms with Gasteiger partial charge < -0.3 is 15.0 Å². The van der Waals surface area contributed by atoms with Gasteiger partial charge >= 0.3 is 0 Å². The topological polar surface area (TPSA) is 86.3 Å². The number of aliphatic hydroxyl groups is 1. The van der Waals surface area contributed by atoms with Gasteiger partial charge in [0, 0.05) is 22.9 Å². The van der Waals surface area contributed by atoms with Gasteiger partial charge in [0.25, 0.3) is 11.5 Å². The zero-order valence-electron chi connectivity index (χ0n) is 16.4. The number of carbonyl (C=O) groups excluding carboxylic acids is 1. The number of carbonyl (C=O) groups is 1. The number of nitrogens with zero attached hydrogens (tertiary/aromatic N) is 2. The van der Waals surface area contributed by atoms with Crippen LogP contribution in [0.3, 0.4) is 0 Å². The fourth-order valence-corrected chi connectivity index (χ4v) is 5.62. The SMILES string of the molecule is O=C([C@H](O)c1cccc(Cl)c1)N1CCc2nc(C3(c4ccc(Cl)s4)CC3)[nH]c(=O)c2C1. The van der Waals surface area contributed by atoms with E-state index in [0.717, 1.165) is 17.7 Å². The summed E-state index contributed by atoms with van der Waals surface area (Å²) in [6.45, 7) is 0.503. The van der Waals surface area contributed by atoms with Crippen LogP contribution in [0.2, 0.25) is 9.36 Å². The summed E-state index contributed by atoms with van der Waals surface area (Å²) in [5.41, 5.74) is 1.12. The number of aromatic nitrogens is 2. The Bertz CT molecular complexity index is 1230. The molecule has 9 heteroatoms. The van der Waals surface area contributed by atoms with E-state index in [-0.39, 0.29) is 17.5 Å². The van der Waals surface area contributed by atoms with Gasteiger partial charge in [0.2, 0.25) is 0 Å². The van der Waals surface area contributed by atoms with E-state index in [4.69, 9.17) is 28.2 Å². The molecule has 1 aliphatic carbocycles. The van der Waals surface area contributed by atoms with Gasteiger partial charge in [-0.15, -0.1) is 11.3 Å². The van der Waals surface area contributed by atoms with Crippen molar-refractivity contribution in [2.24, 2.45) is 0 Å². The molecule has 1 fully saturated rings. The van der Waals surface area contributed by atoms with E-state index in [1.54, 1.807) is 24.3 Å². The first-order valence-corrected chi connectivity index (χ1v) is 11.6. The number of benzene rings is 1. The van der Waals surface area contributed by atoms with Crippen molar-refractivity contribution in [1.82, 2.24) is 14.9 Å². The molecule has 2 aromatic heterocycles. The number of aromatic amines is 1. The number of aliphatic hydroxyl groups excluding tert-OH is 1. The van der Waals surface area contributed by atoms with Crippen LogP contribution in [0.25, 0.3) is 0 Å². The first-order chi connectivity index (χ1) is 14.9. The monoisotopic (exact) mass is 475 g/mol. The summed E-state index contributed by atoms with van der Waals surface area (Å²) in [6.07, 6.45) is 0.968. The van der Waals surface area contributed by atoms with E-state index in [1.807, 2.05) is 12.1 Å². The molecule has 1 amide bonds. The zero-order chi connectivity index (χ0) is 21.8. The van der Waals surface area contributed by atoms with Gasteiger partial charge in [-0.2, -0.15) is 0 Å². The van der Waals surface area contributed by atoms with Crippen molar-refractivity contribution in [3.05, 3.63) is 83.6 Å². The molecule has 2 aliphatic rings. The number of thiophene rings is 1. The minimum atomic E-state index is -1.33. The predicted octanol–water partition coefficient (Wildman–Crippen LogP) is 3.84. The summed E-state index contributed by atoms with van der Waals surface area (Å²) >= 11 is 13.6. The molecule has 1 atom stereocenters. The zero-order valence-corrected chi connectivity index (χ0v) is 18.7. The first-order valence-electron chi connectivity index (χ1n) is 9.98. The van der Waals surface area contributed by atoms with Gasteiger partial charge in [-0.05, 0) is 42.7 Å². The van der Waals surface area contributed by atoms with Gasteiger partial charge in [0.15, 0.2) is 6.10 Å². The minimum Gasteiger partial charge on any atom is -0.378 e. The van der Waals surface area contributed by atoms with Gasteiger partial charge in [-0.1, -0.05) is 35.3 Å². The van der Waals surface area contributed by atoms with Crippen molar-refractivity contribution in [3.63, 3.8) is 0 Å². The third kappa shape index (κ3) is 3.69. The van der Waals surface area contributed by atoms with E-state index in [0.29, 0.717) is 45.0 Å². The molecule has 1 aliphatic heterocycles. The number of hydrogen-bond acceptors (Lipinski definition) is 5. The highest BCUT2D eigenvalue weighted by Crippen LogP contribution is 2.54. The molecule has 2 N–H and O–H groups in total. The van der Waals surface area contributed by atoms with Crippen LogP contribution in [0, 0.1) is 0 Å². The average molecular weight is 476 g/mol. The van der Waals surface area contributed by atoms with Crippen LogP contribution < -0.4 is 5.56 Å². The first kappa shape index (κ1) is 20.7. The molecule has 0 saturated heterocycles. The number of rotatable bonds is 4. The summed E-state index contributed by atoms with van der Waals surface area (Å²) in [5.74, 6) is 0.219. The molecule has 6 nitrogen and oxygen atoms in total. The second kappa shape index (κ2) is 7.74. The lowest BCUT2D eigenvalue weighted by molar-refractivity contribution is -0.141. The maximum Gasteiger partial charge on any atom is 0.256 e. The molecule has 31 heavy (non-hydrogen) atoms. The van der Waals surface area contributed by atoms with Crippen LogP contribution in [0.15, 0.2) is 41.2 Å². The van der Waals surface area contributed by atoms with Crippen molar-refractivity contribution in [3.8, 4) is 0 Å². The largest absolute Gasteiger partial charge is 0.378 e. The highest BCUT2D eigenvalue weighted by molar-refractivity contribution is 7.16. The fourth-order valence-electron chi connectivity index (χ4n) is 4.13. The molecule has 1 saturated carbocycles. The van der Waals surface area contributed by atoms with Gasteiger partial charge in [0.1, 0.15) is 5.82 Å². The Morgan fingerprint density at radius 3 is 2.74 bits per heavy atom. The van der Waals surface area contributed by atoms with Crippen LogP contribution in [0.1, 0.15) is 46.5 Å². The lowest BCUT2D eigenvalue weighted by Crippen LogP contribution is -2.42. The third-order valence-electron chi connectivity index (χ3n) is 6.03. The number of amides is 1. The molecule has 0 radical (unpaired) electrons. The fraction of sp³-hybridized carbons (Fsp3) is 0.318. The molecule has 3 aromatic rings. The molecule has 0 bridgehead atoms. The highest BCUT2D eigenvalue weighted by atomic mass is 35.5. The predicted molar refractivity (Wildman–Crippen MR) is 120 cm³/mol. The Morgan fingerprint density at radius 2 is 2.06 bits per heavy atom. The molecule has 160 valence electrons. The Labute approximate surface area is 192 Å². The Morgan fingerprint density at radius 1 is 1.26 bits per heavy atom. The van der Waals surface area contributed by atoms with Gasteiger partial charge in [-0.3, -0.25) is 9.59 Å². The van der Waals surface area contributed by atoms with Gasteiger partial charge in [0.05, 0.1) is 27.6 Å². The quantitative estimate of drug-likeness (QED) is 0.599. The molecular weight excluding hydrogens is 457 g/mol. The highest BCUT2D eigenvalue weighted by Gasteiger charge is 2.50. The molecule has 1 aromatic carbocycles. The van der Waals surface area contributed by atoms with Crippen LogP contribution in [0.5, 0.6) is 0 Å². The lowest BCUT2D eigenvalue weighted by Gasteiger charge is -2.30. The summed E-state index contributed by atoms with van der Waals surface area (Å²) in [4.78, 5) is 36.1. The summed E-state index contributed by atoms with van der Waals surface area (Å²) in [5, 5.41) is 11.0. The number of nitrogens with one attached hydrogen (secondary N) is 1. The molecule has 3 heterocycles.